The molecule has 1 saturated heterocycles. The van der Waals surface area contributed by atoms with Crippen molar-refractivity contribution in [1.82, 2.24) is 4.90 Å². The first-order valence-electron chi connectivity index (χ1n) is 12.1. The van der Waals surface area contributed by atoms with E-state index in [-0.39, 0.29) is 17.9 Å². The van der Waals surface area contributed by atoms with Crippen molar-refractivity contribution in [2.45, 2.75) is 39.3 Å². The van der Waals surface area contributed by atoms with Gasteiger partial charge in [0.1, 0.15) is 17.3 Å². The standard InChI is InChI=1S/C30H31NO5/c1-5-36-25-8-6-7-23(17-25)28(32)26-27(22-13-11-21(12-14-22)19(2)3)31(30(34)29(26)33)18-20-9-15-24(35-4)16-10-20/h6-17,19,27,32H,5,18H2,1-4H3/b28-26-. The first-order chi connectivity index (χ1) is 17.3. The molecule has 6 heteroatoms. The predicted molar refractivity (Wildman–Crippen MR) is 139 cm³/mol. The largest absolute Gasteiger partial charge is 0.507 e. The summed E-state index contributed by atoms with van der Waals surface area (Å²) in [5, 5.41) is 11.3. The van der Waals surface area contributed by atoms with Crippen molar-refractivity contribution in [2.24, 2.45) is 0 Å². The number of Topliss-reactive ketones (excluding diaryl/α,β-unsaturated/α-hetero) is 1. The number of hydrogen-bond donors (Lipinski definition) is 1. The van der Waals surface area contributed by atoms with E-state index < -0.39 is 17.7 Å². The highest BCUT2D eigenvalue weighted by atomic mass is 16.5. The maximum atomic E-state index is 13.3. The molecule has 0 aromatic heterocycles. The fourth-order valence-electron chi connectivity index (χ4n) is 4.44. The van der Waals surface area contributed by atoms with Gasteiger partial charge in [-0.3, -0.25) is 9.59 Å². The Morgan fingerprint density at radius 3 is 2.28 bits per heavy atom. The van der Waals surface area contributed by atoms with Crippen LogP contribution < -0.4 is 9.47 Å². The van der Waals surface area contributed by atoms with E-state index in [4.69, 9.17) is 9.47 Å². The van der Waals surface area contributed by atoms with Crippen LogP contribution in [0.1, 0.15) is 55.0 Å². The minimum atomic E-state index is -0.732. The Labute approximate surface area is 211 Å². The van der Waals surface area contributed by atoms with Crippen LogP contribution in [0.25, 0.3) is 5.76 Å². The van der Waals surface area contributed by atoms with Crippen molar-refractivity contribution in [3.05, 3.63) is 101 Å². The Bertz CT molecular complexity index is 1280. The van der Waals surface area contributed by atoms with Gasteiger partial charge in [-0.05, 0) is 53.8 Å². The minimum Gasteiger partial charge on any atom is -0.507 e. The van der Waals surface area contributed by atoms with Gasteiger partial charge in [0.05, 0.1) is 25.3 Å². The number of nitrogens with zero attached hydrogens (tertiary/aromatic N) is 1. The number of likely N-dealkylation sites (tertiary alicyclic amines) is 1. The summed E-state index contributed by atoms with van der Waals surface area (Å²) in [6.45, 7) is 6.77. The van der Waals surface area contributed by atoms with Crippen molar-refractivity contribution >= 4 is 17.4 Å². The topological polar surface area (TPSA) is 76.1 Å². The number of aliphatic hydroxyl groups excluding tert-OH is 1. The summed E-state index contributed by atoms with van der Waals surface area (Å²) in [7, 11) is 1.59. The van der Waals surface area contributed by atoms with Gasteiger partial charge in [-0.25, -0.2) is 0 Å². The zero-order valence-corrected chi connectivity index (χ0v) is 21.0. The molecule has 0 aliphatic carbocycles. The Hall–Kier alpha value is -4.06. The highest BCUT2D eigenvalue weighted by Gasteiger charge is 2.46. The molecule has 1 fully saturated rings. The second kappa shape index (κ2) is 10.7. The summed E-state index contributed by atoms with van der Waals surface area (Å²) in [5.41, 5.74) is 3.25. The lowest BCUT2D eigenvalue weighted by molar-refractivity contribution is -0.140. The van der Waals surface area contributed by atoms with Crippen LogP contribution in [0.4, 0.5) is 0 Å². The number of ketones is 1. The Morgan fingerprint density at radius 1 is 0.972 bits per heavy atom. The number of benzene rings is 3. The average molecular weight is 486 g/mol. The SMILES string of the molecule is CCOc1cccc(/C(O)=C2/C(=O)C(=O)N(Cc3ccc(OC)cc3)C2c2ccc(C(C)C)cc2)c1. The second-order valence-electron chi connectivity index (χ2n) is 9.06. The van der Waals surface area contributed by atoms with Gasteiger partial charge in [0.15, 0.2) is 0 Å². The Morgan fingerprint density at radius 2 is 1.67 bits per heavy atom. The molecule has 0 spiro atoms. The number of amides is 1. The molecular weight excluding hydrogens is 454 g/mol. The predicted octanol–water partition coefficient (Wildman–Crippen LogP) is 5.84. The first kappa shape index (κ1) is 25.0. The molecule has 1 N–H and O–H groups in total. The van der Waals surface area contributed by atoms with E-state index in [1.54, 1.807) is 31.4 Å². The number of rotatable bonds is 8. The van der Waals surface area contributed by atoms with Crippen LogP contribution in [0.5, 0.6) is 11.5 Å². The number of hydrogen-bond acceptors (Lipinski definition) is 5. The minimum absolute atomic E-state index is 0.0689. The third kappa shape index (κ3) is 4.98. The van der Waals surface area contributed by atoms with E-state index in [9.17, 15) is 14.7 Å². The zero-order valence-electron chi connectivity index (χ0n) is 21.0. The van der Waals surface area contributed by atoms with Crippen LogP contribution in [0.3, 0.4) is 0 Å². The van der Waals surface area contributed by atoms with E-state index in [1.165, 1.54) is 4.90 Å². The van der Waals surface area contributed by atoms with Crippen LogP contribution in [0.15, 0.2) is 78.4 Å². The molecule has 4 rings (SSSR count). The summed E-state index contributed by atoms with van der Waals surface area (Å²) in [4.78, 5) is 28.1. The molecule has 3 aromatic carbocycles. The van der Waals surface area contributed by atoms with Gasteiger partial charge in [0.2, 0.25) is 0 Å². The van der Waals surface area contributed by atoms with Gasteiger partial charge in [-0.2, -0.15) is 0 Å². The molecule has 1 atom stereocenters. The highest BCUT2D eigenvalue weighted by molar-refractivity contribution is 6.46. The monoisotopic (exact) mass is 485 g/mol. The van der Waals surface area contributed by atoms with Gasteiger partial charge >= 0.3 is 0 Å². The summed E-state index contributed by atoms with van der Waals surface area (Å²) >= 11 is 0. The van der Waals surface area contributed by atoms with Crippen molar-refractivity contribution in [2.75, 3.05) is 13.7 Å². The van der Waals surface area contributed by atoms with E-state index in [1.807, 2.05) is 55.5 Å². The first-order valence-corrected chi connectivity index (χ1v) is 12.1. The smallest absolute Gasteiger partial charge is 0.295 e. The Kier molecular flexibility index (Phi) is 7.44. The lowest BCUT2D eigenvalue weighted by atomic mass is 9.93. The molecular formula is C30H31NO5. The van der Waals surface area contributed by atoms with Crippen molar-refractivity contribution in [3.63, 3.8) is 0 Å². The van der Waals surface area contributed by atoms with Gasteiger partial charge in [0, 0.05) is 12.1 Å². The highest BCUT2D eigenvalue weighted by Crippen LogP contribution is 2.41. The van der Waals surface area contributed by atoms with E-state index in [0.29, 0.717) is 29.6 Å². The van der Waals surface area contributed by atoms with E-state index in [0.717, 1.165) is 16.7 Å². The molecule has 0 radical (unpaired) electrons. The van der Waals surface area contributed by atoms with Crippen LogP contribution >= 0.6 is 0 Å². The van der Waals surface area contributed by atoms with E-state index >= 15 is 0 Å². The number of carbonyl (C=O) groups excluding carboxylic acids is 2. The van der Waals surface area contributed by atoms with Crippen LogP contribution in [-0.2, 0) is 16.1 Å². The van der Waals surface area contributed by atoms with Gasteiger partial charge in [-0.15, -0.1) is 0 Å². The quantitative estimate of drug-likeness (QED) is 0.246. The van der Waals surface area contributed by atoms with Crippen molar-refractivity contribution in [1.29, 1.82) is 0 Å². The van der Waals surface area contributed by atoms with Crippen LogP contribution in [0, 0.1) is 0 Å². The summed E-state index contributed by atoms with van der Waals surface area (Å²) in [6.07, 6.45) is 0. The van der Waals surface area contributed by atoms with Gasteiger partial charge < -0.3 is 19.5 Å². The molecule has 36 heavy (non-hydrogen) atoms. The normalized spacial score (nSPS) is 17.0. The summed E-state index contributed by atoms with van der Waals surface area (Å²) < 4.78 is 10.8. The third-order valence-electron chi connectivity index (χ3n) is 6.39. The summed E-state index contributed by atoms with van der Waals surface area (Å²) in [6, 6.07) is 21.4. The third-order valence-corrected chi connectivity index (χ3v) is 6.39. The van der Waals surface area contributed by atoms with E-state index in [2.05, 4.69) is 13.8 Å². The van der Waals surface area contributed by atoms with Crippen molar-refractivity contribution in [3.8, 4) is 11.5 Å². The maximum absolute atomic E-state index is 13.3. The molecule has 0 saturated carbocycles. The molecule has 0 bridgehead atoms. The van der Waals surface area contributed by atoms with Crippen LogP contribution in [-0.4, -0.2) is 35.4 Å². The molecule has 1 aliphatic heterocycles. The van der Waals surface area contributed by atoms with Crippen LogP contribution in [0.2, 0.25) is 0 Å². The van der Waals surface area contributed by atoms with Gasteiger partial charge in [-0.1, -0.05) is 62.4 Å². The number of ether oxygens (including phenoxy) is 2. The fourth-order valence-corrected chi connectivity index (χ4v) is 4.44. The maximum Gasteiger partial charge on any atom is 0.295 e. The average Bonchev–Trinajstić information content (AvgIpc) is 3.14. The Balaban J connectivity index is 1.82. The number of carbonyl (C=O) groups is 2. The lowest BCUT2D eigenvalue weighted by Crippen LogP contribution is -2.29. The second-order valence-corrected chi connectivity index (χ2v) is 9.06. The van der Waals surface area contributed by atoms with Gasteiger partial charge in [0.25, 0.3) is 11.7 Å². The van der Waals surface area contributed by atoms with Crippen molar-refractivity contribution < 1.29 is 24.2 Å². The molecule has 6 nitrogen and oxygen atoms in total. The molecule has 1 amide bonds. The number of aliphatic hydroxyl groups is 1. The molecule has 1 heterocycles. The fraction of sp³-hybridized carbons (Fsp3) is 0.267. The molecule has 3 aromatic rings. The molecule has 1 unspecified atom stereocenters. The number of methoxy groups -OCH3 is 1. The summed E-state index contributed by atoms with van der Waals surface area (Å²) in [5.74, 6) is 0.0470. The lowest BCUT2D eigenvalue weighted by Gasteiger charge is -2.26. The molecule has 1 aliphatic rings. The zero-order chi connectivity index (χ0) is 25.8. The molecule has 186 valence electrons.